The summed E-state index contributed by atoms with van der Waals surface area (Å²) in [4.78, 5) is 0. The largest absolute Gasteiger partial charge is 0.396 e. The average molecular weight is 276 g/mol. The summed E-state index contributed by atoms with van der Waals surface area (Å²) < 4.78 is 29.1. The highest BCUT2D eigenvalue weighted by atomic mass is 32.2. The number of nitrogens with one attached hydrogen (secondary N) is 1. The zero-order valence-electron chi connectivity index (χ0n) is 10.9. The van der Waals surface area contributed by atoms with E-state index in [1.54, 1.807) is 17.9 Å². The number of hydrogen-bond donors (Lipinski definition) is 2. The van der Waals surface area contributed by atoms with Crippen LogP contribution in [0.1, 0.15) is 17.7 Å². The molecule has 1 aromatic heterocycles. The van der Waals surface area contributed by atoms with Crippen LogP contribution in [0, 0.1) is 6.92 Å². The first-order chi connectivity index (χ1) is 8.38. The van der Waals surface area contributed by atoms with Gasteiger partial charge in [0.1, 0.15) is 0 Å². The van der Waals surface area contributed by atoms with Crippen molar-refractivity contribution in [1.82, 2.24) is 18.8 Å². The highest BCUT2D eigenvalue weighted by Gasteiger charge is 2.17. The van der Waals surface area contributed by atoms with E-state index in [0.29, 0.717) is 6.42 Å². The second kappa shape index (κ2) is 6.28. The average Bonchev–Trinajstić information content (AvgIpc) is 2.64. The number of aliphatic hydroxyl groups excluding tert-OH is 1. The molecule has 0 fully saturated rings. The van der Waals surface area contributed by atoms with Gasteiger partial charge in [-0.15, -0.1) is 0 Å². The quantitative estimate of drug-likeness (QED) is 0.694. The van der Waals surface area contributed by atoms with Crippen LogP contribution in [-0.2, 0) is 23.8 Å². The Kier molecular flexibility index (Phi) is 5.27. The number of aryl methyl sites for hydroxylation is 1. The van der Waals surface area contributed by atoms with E-state index in [1.165, 1.54) is 11.4 Å². The molecule has 0 aromatic carbocycles. The van der Waals surface area contributed by atoms with Crippen molar-refractivity contribution in [2.45, 2.75) is 19.9 Å². The first kappa shape index (κ1) is 15.1. The Labute approximate surface area is 108 Å². The van der Waals surface area contributed by atoms with Gasteiger partial charge in [-0.1, -0.05) is 0 Å². The van der Waals surface area contributed by atoms with Crippen LogP contribution in [-0.4, -0.2) is 47.8 Å². The molecular weight excluding hydrogens is 256 g/mol. The number of nitrogens with zero attached hydrogens (tertiary/aromatic N) is 3. The summed E-state index contributed by atoms with van der Waals surface area (Å²) in [6.45, 7) is 2.36. The zero-order chi connectivity index (χ0) is 13.8. The van der Waals surface area contributed by atoms with Crippen molar-refractivity contribution in [3.63, 3.8) is 0 Å². The molecule has 0 unspecified atom stereocenters. The van der Waals surface area contributed by atoms with Gasteiger partial charge in [0.25, 0.3) is 10.2 Å². The molecule has 2 N–H and O–H groups in total. The van der Waals surface area contributed by atoms with Crippen LogP contribution in [0.4, 0.5) is 0 Å². The van der Waals surface area contributed by atoms with E-state index in [1.807, 2.05) is 6.92 Å². The van der Waals surface area contributed by atoms with Gasteiger partial charge in [-0.25, -0.2) is 0 Å². The molecule has 18 heavy (non-hydrogen) atoms. The van der Waals surface area contributed by atoms with Crippen molar-refractivity contribution in [2.24, 2.45) is 7.05 Å². The summed E-state index contributed by atoms with van der Waals surface area (Å²) in [5.74, 6) is 0. The minimum absolute atomic E-state index is 0.0262. The van der Waals surface area contributed by atoms with Gasteiger partial charge in [-0.05, 0) is 13.3 Å². The normalized spacial score (nSPS) is 12.3. The monoisotopic (exact) mass is 276 g/mol. The van der Waals surface area contributed by atoms with Gasteiger partial charge < -0.3 is 5.11 Å². The van der Waals surface area contributed by atoms with Crippen molar-refractivity contribution in [3.8, 4) is 0 Å². The molecular formula is C10H20N4O3S. The van der Waals surface area contributed by atoms with Gasteiger partial charge in [0.15, 0.2) is 0 Å². The van der Waals surface area contributed by atoms with Crippen LogP contribution >= 0.6 is 0 Å². The zero-order valence-corrected chi connectivity index (χ0v) is 11.7. The molecule has 0 saturated heterocycles. The Morgan fingerprint density at radius 3 is 2.72 bits per heavy atom. The summed E-state index contributed by atoms with van der Waals surface area (Å²) in [5, 5.41) is 12.7. The van der Waals surface area contributed by atoms with E-state index in [0.717, 1.165) is 11.3 Å². The minimum Gasteiger partial charge on any atom is -0.396 e. The van der Waals surface area contributed by atoms with Crippen molar-refractivity contribution in [1.29, 1.82) is 0 Å². The SMILES string of the molecule is Cc1c(CNS(=O)(=O)N(C)CCCO)cnn1C. The topological polar surface area (TPSA) is 87.5 Å². The van der Waals surface area contributed by atoms with E-state index < -0.39 is 10.2 Å². The Morgan fingerprint density at radius 2 is 2.22 bits per heavy atom. The third kappa shape index (κ3) is 3.77. The molecule has 7 nitrogen and oxygen atoms in total. The first-order valence-corrected chi connectivity index (χ1v) is 7.11. The summed E-state index contributed by atoms with van der Waals surface area (Å²) in [6, 6.07) is 0. The van der Waals surface area contributed by atoms with Crippen molar-refractivity contribution < 1.29 is 13.5 Å². The fourth-order valence-electron chi connectivity index (χ4n) is 1.41. The molecule has 104 valence electrons. The van der Waals surface area contributed by atoms with Crippen molar-refractivity contribution in [2.75, 3.05) is 20.2 Å². The fraction of sp³-hybridized carbons (Fsp3) is 0.700. The lowest BCUT2D eigenvalue weighted by molar-refractivity contribution is 0.275. The van der Waals surface area contributed by atoms with Gasteiger partial charge in [-0.2, -0.15) is 22.5 Å². The molecule has 0 aliphatic rings. The maximum atomic E-state index is 11.8. The van der Waals surface area contributed by atoms with Crippen LogP contribution in [0.25, 0.3) is 0 Å². The van der Waals surface area contributed by atoms with Gasteiger partial charge in [0, 0.05) is 45.0 Å². The molecule has 0 radical (unpaired) electrons. The summed E-state index contributed by atoms with van der Waals surface area (Å²) in [5.41, 5.74) is 1.77. The minimum atomic E-state index is -3.50. The maximum absolute atomic E-state index is 11.8. The Bertz CT molecular complexity index is 483. The lowest BCUT2D eigenvalue weighted by atomic mass is 10.3. The second-order valence-corrected chi connectivity index (χ2v) is 5.97. The van der Waals surface area contributed by atoms with Crippen LogP contribution in [0.15, 0.2) is 6.20 Å². The van der Waals surface area contributed by atoms with Gasteiger partial charge in [-0.3, -0.25) is 4.68 Å². The number of aliphatic hydroxyl groups is 1. The molecule has 0 spiro atoms. The lowest BCUT2D eigenvalue weighted by Crippen LogP contribution is -2.38. The van der Waals surface area contributed by atoms with Crippen LogP contribution in [0.3, 0.4) is 0 Å². The smallest absolute Gasteiger partial charge is 0.279 e. The van der Waals surface area contributed by atoms with E-state index in [4.69, 9.17) is 5.11 Å². The van der Waals surface area contributed by atoms with Crippen LogP contribution in [0.2, 0.25) is 0 Å². The van der Waals surface area contributed by atoms with E-state index in [2.05, 4.69) is 9.82 Å². The third-order valence-corrected chi connectivity index (χ3v) is 4.34. The van der Waals surface area contributed by atoms with Crippen molar-refractivity contribution in [3.05, 3.63) is 17.5 Å². The fourth-order valence-corrected chi connectivity index (χ4v) is 2.34. The third-order valence-electron chi connectivity index (χ3n) is 2.82. The lowest BCUT2D eigenvalue weighted by Gasteiger charge is -2.16. The standard InChI is InChI=1S/C10H20N4O3S/c1-9-10(7-11-14(9)3)8-12-18(16,17)13(2)5-4-6-15/h7,12,15H,4-6,8H2,1-3H3. The molecule has 0 saturated carbocycles. The molecule has 0 atom stereocenters. The molecule has 1 heterocycles. The summed E-state index contributed by atoms with van der Waals surface area (Å²) in [6.07, 6.45) is 2.06. The molecule has 0 aliphatic carbocycles. The second-order valence-electron chi connectivity index (χ2n) is 4.10. The van der Waals surface area contributed by atoms with Crippen molar-refractivity contribution >= 4 is 10.2 Å². The Morgan fingerprint density at radius 1 is 1.56 bits per heavy atom. The highest BCUT2D eigenvalue weighted by Crippen LogP contribution is 2.06. The predicted molar refractivity (Wildman–Crippen MR) is 68.0 cm³/mol. The molecule has 0 amide bonds. The molecule has 0 bridgehead atoms. The summed E-state index contributed by atoms with van der Waals surface area (Å²) >= 11 is 0. The first-order valence-electron chi connectivity index (χ1n) is 5.67. The molecule has 0 aliphatic heterocycles. The molecule has 1 aromatic rings. The van der Waals surface area contributed by atoms with E-state index in [9.17, 15) is 8.42 Å². The number of hydrogen-bond acceptors (Lipinski definition) is 4. The van der Waals surface area contributed by atoms with Gasteiger partial charge in [0.2, 0.25) is 0 Å². The Balaban J connectivity index is 2.59. The molecule has 1 rings (SSSR count). The number of aromatic nitrogens is 2. The Hall–Kier alpha value is -0.960. The predicted octanol–water partition coefficient (Wildman–Crippen LogP) is -0.623. The van der Waals surface area contributed by atoms with Crippen LogP contribution < -0.4 is 4.72 Å². The summed E-state index contributed by atoms with van der Waals surface area (Å²) in [7, 11) is -0.217. The maximum Gasteiger partial charge on any atom is 0.279 e. The van der Waals surface area contributed by atoms with Gasteiger partial charge in [0.05, 0.1) is 6.20 Å². The molecule has 8 heteroatoms. The van der Waals surface area contributed by atoms with E-state index in [-0.39, 0.29) is 19.7 Å². The highest BCUT2D eigenvalue weighted by molar-refractivity contribution is 7.87. The number of rotatable bonds is 7. The van der Waals surface area contributed by atoms with E-state index >= 15 is 0 Å². The van der Waals surface area contributed by atoms with Crippen LogP contribution in [0.5, 0.6) is 0 Å². The van der Waals surface area contributed by atoms with Gasteiger partial charge >= 0.3 is 0 Å².